The van der Waals surface area contributed by atoms with Crippen LogP contribution >= 0.6 is 0 Å². The fourth-order valence-corrected chi connectivity index (χ4v) is 4.52. The van der Waals surface area contributed by atoms with Crippen LogP contribution in [0, 0.1) is 11.3 Å². The van der Waals surface area contributed by atoms with Crippen molar-refractivity contribution in [3.8, 4) is 0 Å². The van der Waals surface area contributed by atoms with Gasteiger partial charge in [0.15, 0.2) is 6.39 Å². The molecule has 26 heavy (non-hydrogen) atoms. The van der Waals surface area contributed by atoms with Crippen molar-refractivity contribution in [3.05, 3.63) is 36.6 Å². The molecule has 2 fully saturated rings. The molecular weight excluding hydrogens is 334 g/mol. The summed E-state index contributed by atoms with van der Waals surface area (Å²) < 4.78 is 7.38. The molecular formula is C18H25N5O3. The maximum absolute atomic E-state index is 12.2. The van der Waals surface area contributed by atoms with Crippen LogP contribution in [-0.2, 0) is 24.9 Å². The SMILES string of the molecule is Cn1ccnc1CN1CCC[C@@]2(C(=O)O)CN(Cc3cnco3)C[C@H]2C1. The zero-order valence-electron chi connectivity index (χ0n) is 15.0. The largest absolute Gasteiger partial charge is 0.481 e. The Morgan fingerprint density at radius 1 is 1.38 bits per heavy atom. The Kier molecular flexibility index (Phi) is 4.54. The zero-order valence-corrected chi connectivity index (χ0v) is 15.0. The highest BCUT2D eigenvalue weighted by Crippen LogP contribution is 2.43. The van der Waals surface area contributed by atoms with Gasteiger partial charge in [-0.25, -0.2) is 9.97 Å². The van der Waals surface area contributed by atoms with Gasteiger partial charge in [-0.15, -0.1) is 0 Å². The number of carboxylic acid groups (broad SMARTS) is 1. The van der Waals surface area contributed by atoms with Gasteiger partial charge >= 0.3 is 5.97 Å². The Hall–Kier alpha value is -2.19. The molecule has 2 aromatic rings. The van der Waals surface area contributed by atoms with Crippen LogP contribution in [0.3, 0.4) is 0 Å². The molecule has 0 aromatic carbocycles. The first-order valence-corrected chi connectivity index (χ1v) is 9.08. The molecule has 0 radical (unpaired) electrons. The molecule has 2 aliphatic heterocycles. The number of nitrogens with zero attached hydrogens (tertiary/aromatic N) is 5. The van der Waals surface area contributed by atoms with Crippen molar-refractivity contribution in [1.29, 1.82) is 0 Å². The molecule has 1 N–H and O–H groups in total. The van der Waals surface area contributed by atoms with Crippen molar-refractivity contribution in [3.63, 3.8) is 0 Å². The summed E-state index contributed by atoms with van der Waals surface area (Å²) >= 11 is 0. The van der Waals surface area contributed by atoms with E-state index < -0.39 is 11.4 Å². The minimum Gasteiger partial charge on any atom is -0.481 e. The van der Waals surface area contributed by atoms with E-state index in [0.29, 0.717) is 13.1 Å². The second-order valence-electron chi connectivity index (χ2n) is 7.59. The lowest BCUT2D eigenvalue weighted by Gasteiger charge is -2.29. The summed E-state index contributed by atoms with van der Waals surface area (Å²) in [5.41, 5.74) is -0.670. The van der Waals surface area contributed by atoms with Gasteiger partial charge in [0.1, 0.15) is 11.6 Å². The van der Waals surface area contributed by atoms with Crippen LogP contribution < -0.4 is 0 Å². The Bertz CT molecular complexity index is 759. The van der Waals surface area contributed by atoms with Gasteiger partial charge in [0.25, 0.3) is 0 Å². The third-order valence-corrected chi connectivity index (χ3v) is 5.92. The zero-order chi connectivity index (χ0) is 18.1. The van der Waals surface area contributed by atoms with Crippen LogP contribution in [0.4, 0.5) is 0 Å². The van der Waals surface area contributed by atoms with Crippen LogP contribution in [0.15, 0.2) is 29.4 Å². The van der Waals surface area contributed by atoms with Gasteiger partial charge in [-0.05, 0) is 19.4 Å². The number of rotatable bonds is 5. The molecule has 2 atom stereocenters. The van der Waals surface area contributed by atoms with E-state index in [0.717, 1.165) is 50.6 Å². The Morgan fingerprint density at radius 3 is 2.92 bits per heavy atom. The predicted octanol–water partition coefficient (Wildman–Crippen LogP) is 1.21. The number of hydrogen-bond acceptors (Lipinski definition) is 6. The second kappa shape index (κ2) is 6.85. The van der Waals surface area contributed by atoms with Crippen LogP contribution in [0.2, 0.25) is 0 Å². The van der Waals surface area contributed by atoms with Gasteiger partial charge in [-0.3, -0.25) is 14.6 Å². The fraction of sp³-hybridized carbons (Fsp3) is 0.611. The lowest BCUT2D eigenvalue weighted by atomic mass is 9.75. The molecule has 2 aliphatic rings. The van der Waals surface area contributed by atoms with Crippen LogP contribution in [0.1, 0.15) is 24.4 Å². The number of aryl methyl sites for hydroxylation is 1. The maximum atomic E-state index is 12.2. The van der Waals surface area contributed by atoms with Crippen molar-refractivity contribution in [2.24, 2.45) is 18.4 Å². The molecule has 8 heteroatoms. The number of imidazole rings is 1. The van der Waals surface area contributed by atoms with Crippen LogP contribution in [0.25, 0.3) is 0 Å². The molecule has 0 unspecified atom stereocenters. The van der Waals surface area contributed by atoms with E-state index in [2.05, 4.69) is 19.8 Å². The molecule has 140 valence electrons. The Morgan fingerprint density at radius 2 is 2.23 bits per heavy atom. The number of hydrogen-bond donors (Lipinski definition) is 1. The first kappa shape index (κ1) is 17.2. The average molecular weight is 359 g/mol. The van der Waals surface area contributed by atoms with Crippen molar-refractivity contribution in [2.75, 3.05) is 26.2 Å². The van der Waals surface area contributed by atoms with E-state index in [1.165, 1.54) is 6.39 Å². The van der Waals surface area contributed by atoms with Gasteiger partial charge in [-0.1, -0.05) is 0 Å². The fourth-order valence-electron chi connectivity index (χ4n) is 4.52. The average Bonchev–Trinajstić information content (AvgIpc) is 3.29. The third kappa shape index (κ3) is 3.14. The van der Waals surface area contributed by atoms with Crippen molar-refractivity contribution in [1.82, 2.24) is 24.3 Å². The van der Waals surface area contributed by atoms with E-state index >= 15 is 0 Å². The van der Waals surface area contributed by atoms with Crippen molar-refractivity contribution in [2.45, 2.75) is 25.9 Å². The molecule has 2 saturated heterocycles. The summed E-state index contributed by atoms with van der Waals surface area (Å²) in [6.07, 6.45) is 8.49. The van der Waals surface area contributed by atoms with E-state index in [-0.39, 0.29) is 5.92 Å². The van der Waals surface area contributed by atoms with Gasteiger partial charge in [0.05, 0.1) is 24.7 Å². The highest BCUT2D eigenvalue weighted by Gasteiger charge is 2.53. The number of aromatic nitrogens is 3. The second-order valence-corrected chi connectivity index (χ2v) is 7.59. The van der Waals surface area contributed by atoms with Gasteiger partial charge in [-0.2, -0.15) is 0 Å². The molecule has 0 spiro atoms. The monoisotopic (exact) mass is 359 g/mol. The number of oxazole rings is 1. The summed E-state index contributed by atoms with van der Waals surface area (Å²) in [5, 5.41) is 10.1. The normalized spacial score (nSPS) is 27.3. The van der Waals surface area contributed by atoms with Crippen LogP contribution in [0.5, 0.6) is 0 Å². The quantitative estimate of drug-likeness (QED) is 0.858. The molecule has 4 heterocycles. The van der Waals surface area contributed by atoms with E-state index in [4.69, 9.17) is 4.42 Å². The van der Waals surface area contributed by atoms with E-state index in [1.807, 2.05) is 24.0 Å². The molecule has 2 aromatic heterocycles. The molecule has 0 bridgehead atoms. The standard InChI is InChI=1S/C18H25N5O3/c1-21-6-4-20-16(21)11-22-5-2-3-18(17(24)25)12-23(9-14(18)8-22)10-15-7-19-13-26-15/h4,6-7,13-14H,2-3,5,8-12H2,1H3,(H,24,25)/t14-,18-/m1/s1. The first-order chi connectivity index (χ1) is 12.6. The Labute approximate surface area is 152 Å². The van der Waals surface area contributed by atoms with Crippen LogP contribution in [-0.4, -0.2) is 61.6 Å². The summed E-state index contributed by atoms with van der Waals surface area (Å²) in [6.45, 7) is 4.42. The topological polar surface area (TPSA) is 87.6 Å². The lowest BCUT2D eigenvalue weighted by Crippen LogP contribution is -2.41. The van der Waals surface area contributed by atoms with Gasteiger partial charge in [0, 0.05) is 45.0 Å². The smallest absolute Gasteiger partial charge is 0.311 e. The minimum absolute atomic E-state index is 0.102. The highest BCUT2D eigenvalue weighted by atomic mass is 16.4. The molecule has 0 aliphatic carbocycles. The summed E-state index contributed by atoms with van der Waals surface area (Å²) in [4.78, 5) is 25.2. The predicted molar refractivity (Wildman–Crippen MR) is 93.1 cm³/mol. The highest BCUT2D eigenvalue weighted by molar-refractivity contribution is 5.76. The third-order valence-electron chi connectivity index (χ3n) is 5.92. The number of fused-ring (bicyclic) bond motifs is 1. The maximum Gasteiger partial charge on any atom is 0.311 e. The first-order valence-electron chi connectivity index (χ1n) is 9.08. The lowest BCUT2D eigenvalue weighted by molar-refractivity contribution is -0.151. The summed E-state index contributed by atoms with van der Waals surface area (Å²) in [7, 11) is 2.00. The number of aliphatic carboxylic acids is 1. The minimum atomic E-state index is -0.670. The molecule has 0 saturated carbocycles. The summed E-state index contributed by atoms with van der Waals surface area (Å²) in [5.74, 6) is 1.24. The van der Waals surface area contributed by atoms with E-state index in [1.54, 1.807) is 6.20 Å². The number of carbonyl (C=O) groups is 1. The number of likely N-dealkylation sites (tertiary alicyclic amines) is 2. The van der Waals surface area contributed by atoms with Gasteiger partial charge < -0.3 is 14.1 Å². The number of carboxylic acids is 1. The van der Waals surface area contributed by atoms with Gasteiger partial charge in [0.2, 0.25) is 0 Å². The van der Waals surface area contributed by atoms with Crippen molar-refractivity contribution < 1.29 is 14.3 Å². The molecule has 8 nitrogen and oxygen atoms in total. The summed E-state index contributed by atoms with van der Waals surface area (Å²) in [6, 6.07) is 0. The molecule has 4 rings (SSSR count). The Balaban J connectivity index is 1.50. The van der Waals surface area contributed by atoms with Crippen molar-refractivity contribution >= 4 is 5.97 Å². The molecule has 0 amide bonds. The van der Waals surface area contributed by atoms with E-state index in [9.17, 15) is 9.90 Å².